The summed E-state index contributed by atoms with van der Waals surface area (Å²) >= 11 is 1.68. The Morgan fingerprint density at radius 3 is 2.58 bits per heavy atom. The molecule has 2 aromatic heterocycles. The van der Waals surface area contributed by atoms with Gasteiger partial charge in [0.1, 0.15) is 0 Å². The first-order valence-corrected chi connectivity index (χ1v) is 9.05. The van der Waals surface area contributed by atoms with Crippen LogP contribution in [0, 0.1) is 20.8 Å². The number of aromatic nitrogens is 3. The highest BCUT2D eigenvalue weighted by atomic mass is 32.1. The van der Waals surface area contributed by atoms with Crippen LogP contribution in [0.1, 0.15) is 46.6 Å². The van der Waals surface area contributed by atoms with Crippen molar-refractivity contribution >= 4 is 17.4 Å². The maximum Gasteiger partial charge on any atom is 0.315 e. The predicted octanol–water partition coefficient (Wildman–Crippen LogP) is 2.84. The highest BCUT2D eigenvalue weighted by molar-refractivity contribution is 7.11. The van der Waals surface area contributed by atoms with Crippen molar-refractivity contribution in [1.82, 2.24) is 25.4 Å². The van der Waals surface area contributed by atoms with Gasteiger partial charge in [0.2, 0.25) is 0 Å². The van der Waals surface area contributed by atoms with Crippen molar-refractivity contribution in [1.29, 1.82) is 0 Å². The van der Waals surface area contributed by atoms with Crippen molar-refractivity contribution in [2.75, 3.05) is 6.54 Å². The van der Waals surface area contributed by atoms with Crippen molar-refractivity contribution in [2.24, 2.45) is 7.05 Å². The number of hydrogen-bond donors (Lipinski definition) is 2. The average molecular weight is 350 g/mol. The summed E-state index contributed by atoms with van der Waals surface area (Å²) in [6.45, 7) is 10.8. The van der Waals surface area contributed by atoms with Crippen LogP contribution < -0.4 is 10.6 Å². The molecule has 0 aliphatic rings. The Morgan fingerprint density at radius 1 is 1.33 bits per heavy atom. The smallest absolute Gasteiger partial charge is 0.315 e. The number of thiazole rings is 1. The molecule has 0 spiro atoms. The number of urea groups is 1. The van der Waals surface area contributed by atoms with E-state index in [1.807, 2.05) is 38.7 Å². The lowest BCUT2D eigenvalue weighted by Gasteiger charge is -2.16. The van der Waals surface area contributed by atoms with E-state index in [1.54, 1.807) is 11.3 Å². The molecule has 0 unspecified atom stereocenters. The Labute approximate surface area is 147 Å². The highest BCUT2D eigenvalue weighted by Crippen LogP contribution is 2.20. The van der Waals surface area contributed by atoms with Gasteiger partial charge in [-0.25, -0.2) is 9.78 Å². The van der Waals surface area contributed by atoms with Crippen molar-refractivity contribution < 1.29 is 4.79 Å². The summed E-state index contributed by atoms with van der Waals surface area (Å²) in [5, 5.41) is 11.4. The summed E-state index contributed by atoms with van der Waals surface area (Å²) in [7, 11) is 1.94. The molecule has 6 nitrogen and oxygen atoms in total. The Balaban J connectivity index is 1.81. The van der Waals surface area contributed by atoms with Crippen molar-refractivity contribution in [2.45, 2.75) is 53.0 Å². The number of amides is 2. The third-order valence-electron chi connectivity index (χ3n) is 4.18. The van der Waals surface area contributed by atoms with E-state index in [9.17, 15) is 4.79 Å². The van der Waals surface area contributed by atoms with E-state index in [4.69, 9.17) is 0 Å². The second-order valence-corrected chi connectivity index (χ2v) is 7.71. The molecule has 0 saturated carbocycles. The molecule has 0 aromatic carbocycles. The number of aryl methyl sites for hydroxylation is 3. The summed E-state index contributed by atoms with van der Waals surface area (Å²) < 4.78 is 1.88. The molecule has 2 atom stereocenters. The highest BCUT2D eigenvalue weighted by Gasteiger charge is 2.16. The van der Waals surface area contributed by atoms with Gasteiger partial charge >= 0.3 is 6.03 Å². The molecule has 0 fully saturated rings. The molecule has 132 valence electrons. The molecule has 0 aliphatic heterocycles. The van der Waals surface area contributed by atoms with Gasteiger partial charge in [0.15, 0.2) is 0 Å². The molecular weight excluding hydrogens is 322 g/mol. The van der Waals surface area contributed by atoms with Gasteiger partial charge in [0, 0.05) is 42.3 Å². The van der Waals surface area contributed by atoms with Gasteiger partial charge in [0.05, 0.1) is 10.7 Å². The zero-order valence-electron chi connectivity index (χ0n) is 15.3. The first-order chi connectivity index (χ1) is 11.3. The third-order valence-corrected chi connectivity index (χ3v) is 5.32. The second-order valence-electron chi connectivity index (χ2n) is 6.44. The maximum absolute atomic E-state index is 12.1. The van der Waals surface area contributed by atoms with Gasteiger partial charge in [0.25, 0.3) is 0 Å². The summed E-state index contributed by atoms with van der Waals surface area (Å²) in [4.78, 5) is 17.7. The Kier molecular flexibility index (Phi) is 5.99. The van der Waals surface area contributed by atoms with Crippen LogP contribution >= 0.6 is 11.3 Å². The minimum atomic E-state index is -0.137. The molecule has 7 heteroatoms. The standard InChI is InChI=1S/C17H27N5OS/c1-10(16-18-9-12(3)24-16)8-19-17(23)20-11(2)7-15-13(4)21-22(6)14(15)5/h9-11H,7-8H2,1-6H3,(H2,19,20,23)/t10-,11+/m1/s1. The first-order valence-electron chi connectivity index (χ1n) is 8.23. The molecule has 0 radical (unpaired) electrons. The van der Waals surface area contributed by atoms with Crippen LogP contribution in [0.25, 0.3) is 0 Å². The molecule has 0 saturated heterocycles. The van der Waals surface area contributed by atoms with Gasteiger partial charge in [-0.1, -0.05) is 6.92 Å². The summed E-state index contributed by atoms with van der Waals surface area (Å²) in [5.74, 6) is 0.215. The van der Waals surface area contributed by atoms with E-state index < -0.39 is 0 Å². The van der Waals surface area contributed by atoms with Crippen LogP contribution in [0.3, 0.4) is 0 Å². The average Bonchev–Trinajstić information content (AvgIpc) is 3.04. The lowest BCUT2D eigenvalue weighted by molar-refractivity contribution is 0.237. The fraction of sp³-hybridized carbons (Fsp3) is 0.588. The number of rotatable bonds is 6. The van der Waals surface area contributed by atoms with Crippen LogP contribution in [0.4, 0.5) is 4.79 Å². The van der Waals surface area contributed by atoms with E-state index in [0.717, 1.165) is 22.8 Å². The summed E-state index contributed by atoms with van der Waals surface area (Å²) in [5.41, 5.74) is 3.38. The van der Waals surface area contributed by atoms with Crippen LogP contribution in [0.5, 0.6) is 0 Å². The third kappa shape index (κ3) is 4.56. The number of carbonyl (C=O) groups is 1. The minimum Gasteiger partial charge on any atom is -0.337 e. The van der Waals surface area contributed by atoms with Gasteiger partial charge in [-0.3, -0.25) is 4.68 Å². The zero-order valence-corrected chi connectivity index (χ0v) is 16.1. The molecule has 2 aromatic rings. The van der Waals surface area contributed by atoms with E-state index in [0.29, 0.717) is 6.54 Å². The Bertz CT molecular complexity index is 706. The zero-order chi connectivity index (χ0) is 17.9. The fourth-order valence-electron chi connectivity index (χ4n) is 2.68. The molecular formula is C17H27N5OS. The minimum absolute atomic E-state index is 0.0454. The van der Waals surface area contributed by atoms with Gasteiger partial charge in [-0.15, -0.1) is 11.3 Å². The summed E-state index contributed by atoms with van der Waals surface area (Å²) in [6, 6.07) is -0.0918. The molecule has 2 N–H and O–H groups in total. The largest absolute Gasteiger partial charge is 0.337 e. The van der Waals surface area contributed by atoms with E-state index >= 15 is 0 Å². The van der Waals surface area contributed by atoms with Crippen LogP contribution in [0.15, 0.2) is 6.20 Å². The van der Waals surface area contributed by atoms with Crippen LogP contribution in [-0.4, -0.2) is 33.4 Å². The van der Waals surface area contributed by atoms with E-state index in [2.05, 4.69) is 34.6 Å². The number of hydrogen-bond acceptors (Lipinski definition) is 4. The van der Waals surface area contributed by atoms with Crippen molar-refractivity contribution in [3.63, 3.8) is 0 Å². The quantitative estimate of drug-likeness (QED) is 0.842. The van der Waals surface area contributed by atoms with Gasteiger partial charge in [-0.05, 0) is 39.7 Å². The normalized spacial score (nSPS) is 13.6. The SMILES string of the molecule is Cc1cnc([C@H](C)CNC(=O)N[C@@H](C)Cc2c(C)nn(C)c2C)s1. The van der Waals surface area contributed by atoms with Crippen molar-refractivity contribution in [3.8, 4) is 0 Å². The van der Waals surface area contributed by atoms with E-state index in [1.165, 1.54) is 10.4 Å². The monoisotopic (exact) mass is 349 g/mol. The second kappa shape index (κ2) is 7.79. The predicted molar refractivity (Wildman–Crippen MR) is 97.6 cm³/mol. The van der Waals surface area contributed by atoms with Gasteiger partial charge in [-0.2, -0.15) is 5.10 Å². The molecule has 2 amide bonds. The fourth-order valence-corrected chi connectivity index (χ4v) is 3.50. The maximum atomic E-state index is 12.1. The van der Waals surface area contributed by atoms with Crippen LogP contribution in [0.2, 0.25) is 0 Å². The number of carbonyl (C=O) groups excluding carboxylic acids is 1. The van der Waals surface area contributed by atoms with Crippen LogP contribution in [-0.2, 0) is 13.5 Å². The number of nitrogens with zero attached hydrogens (tertiary/aromatic N) is 3. The Hall–Kier alpha value is -1.89. The number of nitrogens with one attached hydrogen (secondary N) is 2. The topological polar surface area (TPSA) is 71.8 Å². The van der Waals surface area contributed by atoms with Crippen molar-refractivity contribution in [3.05, 3.63) is 33.0 Å². The van der Waals surface area contributed by atoms with E-state index in [-0.39, 0.29) is 18.0 Å². The molecule has 24 heavy (non-hydrogen) atoms. The van der Waals surface area contributed by atoms with Gasteiger partial charge < -0.3 is 10.6 Å². The lowest BCUT2D eigenvalue weighted by atomic mass is 10.1. The molecule has 2 heterocycles. The molecule has 0 aliphatic carbocycles. The molecule has 2 rings (SSSR count). The summed E-state index contributed by atoms with van der Waals surface area (Å²) in [6.07, 6.45) is 2.65. The molecule has 0 bridgehead atoms. The lowest BCUT2D eigenvalue weighted by Crippen LogP contribution is -2.42. The Morgan fingerprint density at radius 2 is 2.04 bits per heavy atom. The first kappa shape index (κ1) is 18.4.